The van der Waals surface area contributed by atoms with Crippen molar-refractivity contribution in [3.8, 4) is 0 Å². The lowest BCUT2D eigenvalue weighted by Crippen LogP contribution is -2.36. The van der Waals surface area contributed by atoms with E-state index in [1.165, 1.54) is 24.3 Å². The van der Waals surface area contributed by atoms with Gasteiger partial charge in [-0.25, -0.2) is 4.79 Å². The highest BCUT2D eigenvalue weighted by atomic mass is 35.5. The van der Waals surface area contributed by atoms with Gasteiger partial charge in [0, 0.05) is 21.2 Å². The number of halogens is 2. The summed E-state index contributed by atoms with van der Waals surface area (Å²) in [6.07, 6.45) is 0. The van der Waals surface area contributed by atoms with Crippen molar-refractivity contribution < 1.29 is 15.0 Å². The molecule has 3 nitrogen and oxygen atoms in total. The van der Waals surface area contributed by atoms with Crippen LogP contribution in [0.25, 0.3) is 0 Å². The fraction of sp³-hybridized carbons (Fsp3) is 0.0714. The van der Waals surface area contributed by atoms with Crippen LogP contribution in [0.2, 0.25) is 10.0 Å². The number of carboxylic acids is 1. The number of carbonyl (C=O) groups is 1. The highest BCUT2D eigenvalue weighted by molar-refractivity contribution is 6.31. The van der Waals surface area contributed by atoms with Gasteiger partial charge in [0.2, 0.25) is 5.60 Å². The second-order valence-corrected chi connectivity index (χ2v) is 4.91. The maximum absolute atomic E-state index is 11.5. The van der Waals surface area contributed by atoms with Crippen molar-refractivity contribution in [1.29, 1.82) is 0 Å². The van der Waals surface area contributed by atoms with Crippen LogP contribution >= 0.6 is 23.2 Å². The summed E-state index contributed by atoms with van der Waals surface area (Å²) in [6.45, 7) is 0. The summed E-state index contributed by atoms with van der Waals surface area (Å²) in [5.41, 5.74) is -1.83. The van der Waals surface area contributed by atoms with E-state index in [-0.39, 0.29) is 11.1 Å². The lowest BCUT2D eigenvalue weighted by atomic mass is 9.86. The molecule has 0 saturated heterocycles. The maximum atomic E-state index is 11.5. The third-order valence-corrected chi connectivity index (χ3v) is 3.26. The Hall–Kier alpha value is -1.55. The Bertz CT molecular complexity index is 580. The number of hydrogen-bond acceptors (Lipinski definition) is 2. The van der Waals surface area contributed by atoms with Crippen molar-refractivity contribution in [2.75, 3.05) is 0 Å². The van der Waals surface area contributed by atoms with Gasteiger partial charge in [-0.1, -0.05) is 47.5 Å². The SMILES string of the molecule is O=C(O)C(O)(c1cccc(Cl)c1)c1cccc(Cl)c1. The number of benzene rings is 2. The van der Waals surface area contributed by atoms with Gasteiger partial charge < -0.3 is 10.2 Å². The molecule has 0 amide bonds. The van der Waals surface area contributed by atoms with E-state index in [0.29, 0.717) is 10.0 Å². The maximum Gasteiger partial charge on any atom is 0.345 e. The minimum Gasteiger partial charge on any atom is -0.479 e. The molecule has 0 fully saturated rings. The molecular weight excluding hydrogens is 287 g/mol. The van der Waals surface area contributed by atoms with Crippen molar-refractivity contribution in [2.24, 2.45) is 0 Å². The molecule has 0 aliphatic heterocycles. The first kappa shape index (κ1) is 13.9. The summed E-state index contributed by atoms with van der Waals surface area (Å²) in [5.74, 6) is -1.39. The fourth-order valence-electron chi connectivity index (χ4n) is 1.84. The van der Waals surface area contributed by atoms with E-state index in [0.717, 1.165) is 0 Å². The Morgan fingerprint density at radius 2 is 1.37 bits per heavy atom. The summed E-state index contributed by atoms with van der Waals surface area (Å²) in [4.78, 5) is 11.5. The van der Waals surface area contributed by atoms with Crippen LogP contribution in [0.4, 0.5) is 0 Å². The van der Waals surface area contributed by atoms with Crippen molar-refractivity contribution in [3.05, 3.63) is 69.7 Å². The molecule has 0 bridgehead atoms. The lowest BCUT2D eigenvalue weighted by molar-refractivity contribution is -0.155. The molecule has 0 saturated carbocycles. The first-order chi connectivity index (χ1) is 8.94. The molecule has 0 heterocycles. The van der Waals surface area contributed by atoms with Gasteiger partial charge in [-0.15, -0.1) is 0 Å². The van der Waals surface area contributed by atoms with Crippen LogP contribution in [-0.4, -0.2) is 16.2 Å². The van der Waals surface area contributed by atoms with E-state index in [1.807, 2.05) is 0 Å². The Morgan fingerprint density at radius 1 is 0.947 bits per heavy atom. The van der Waals surface area contributed by atoms with Gasteiger partial charge in [-0.2, -0.15) is 0 Å². The average molecular weight is 297 g/mol. The molecule has 0 atom stereocenters. The molecule has 5 heteroatoms. The second kappa shape index (κ2) is 5.21. The van der Waals surface area contributed by atoms with Gasteiger partial charge in [0.25, 0.3) is 0 Å². The van der Waals surface area contributed by atoms with Crippen LogP contribution in [0, 0.1) is 0 Å². The van der Waals surface area contributed by atoms with Crippen LogP contribution < -0.4 is 0 Å². The molecule has 98 valence electrons. The normalized spacial score (nSPS) is 11.3. The Morgan fingerprint density at radius 3 is 1.68 bits per heavy atom. The second-order valence-electron chi connectivity index (χ2n) is 4.04. The quantitative estimate of drug-likeness (QED) is 0.913. The van der Waals surface area contributed by atoms with Gasteiger partial charge in [-0.05, 0) is 24.3 Å². The highest BCUT2D eigenvalue weighted by Gasteiger charge is 2.40. The molecule has 0 spiro atoms. The fourth-order valence-corrected chi connectivity index (χ4v) is 2.22. The zero-order chi connectivity index (χ0) is 14.0. The van der Waals surface area contributed by atoms with Crippen LogP contribution in [0.5, 0.6) is 0 Å². The summed E-state index contributed by atoms with van der Waals surface area (Å²) in [5, 5.41) is 20.6. The lowest BCUT2D eigenvalue weighted by Gasteiger charge is -2.24. The van der Waals surface area contributed by atoms with E-state index >= 15 is 0 Å². The standard InChI is InChI=1S/C14H10Cl2O3/c15-11-5-1-3-9(7-11)14(19,13(17)18)10-4-2-6-12(16)8-10/h1-8,19H,(H,17,18). The zero-order valence-corrected chi connectivity index (χ0v) is 11.2. The summed E-state index contributed by atoms with van der Waals surface area (Å²) < 4.78 is 0. The van der Waals surface area contributed by atoms with Crippen molar-refractivity contribution in [3.63, 3.8) is 0 Å². The molecular formula is C14H10Cl2O3. The topological polar surface area (TPSA) is 57.5 Å². The predicted octanol–water partition coefficient (Wildman–Crippen LogP) is 3.31. The van der Waals surface area contributed by atoms with Gasteiger partial charge in [-0.3, -0.25) is 0 Å². The number of carboxylic acid groups (broad SMARTS) is 1. The Balaban J connectivity index is 2.65. The Kier molecular flexibility index (Phi) is 3.80. The number of hydrogen-bond donors (Lipinski definition) is 2. The van der Waals surface area contributed by atoms with Crippen LogP contribution in [-0.2, 0) is 10.4 Å². The van der Waals surface area contributed by atoms with Crippen molar-refractivity contribution >= 4 is 29.2 Å². The average Bonchev–Trinajstić information content (AvgIpc) is 2.37. The molecule has 0 aromatic heterocycles. The van der Waals surface area contributed by atoms with Crippen molar-refractivity contribution in [2.45, 2.75) is 5.60 Å². The molecule has 2 aromatic carbocycles. The molecule has 2 N–H and O–H groups in total. The van der Waals surface area contributed by atoms with Crippen LogP contribution in [0.3, 0.4) is 0 Å². The number of aliphatic hydroxyl groups is 1. The van der Waals surface area contributed by atoms with Crippen LogP contribution in [0.15, 0.2) is 48.5 Å². The molecule has 0 aliphatic rings. The van der Waals surface area contributed by atoms with E-state index in [2.05, 4.69) is 0 Å². The first-order valence-corrected chi connectivity index (χ1v) is 6.18. The summed E-state index contributed by atoms with van der Waals surface area (Å²) in [7, 11) is 0. The minimum absolute atomic E-state index is 0.176. The van der Waals surface area contributed by atoms with Crippen molar-refractivity contribution in [1.82, 2.24) is 0 Å². The number of aliphatic carboxylic acids is 1. The summed E-state index contributed by atoms with van der Waals surface area (Å²) >= 11 is 11.7. The highest BCUT2D eigenvalue weighted by Crippen LogP contribution is 2.32. The third-order valence-electron chi connectivity index (χ3n) is 2.79. The van der Waals surface area contributed by atoms with Gasteiger partial charge in [0.05, 0.1) is 0 Å². The van der Waals surface area contributed by atoms with E-state index < -0.39 is 11.6 Å². The molecule has 0 unspecified atom stereocenters. The smallest absolute Gasteiger partial charge is 0.345 e. The van der Waals surface area contributed by atoms with E-state index in [9.17, 15) is 15.0 Å². The third kappa shape index (κ3) is 2.59. The molecule has 0 radical (unpaired) electrons. The van der Waals surface area contributed by atoms with Gasteiger partial charge in [0.15, 0.2) is 0 Å². The Labute approximate surface area is 120 Å². The van der Waals surface area contributed by atoms with Crippen LogP contribution in [0.1, 0.15) is 11.1 Å². The molecule has 0 aliphatic carbocycles. The number of rotatable bonds is 3. The largest absolute Gasteiger partial charge is 0.479 e. The molecule has 2 aromatic rings. The summed E-state index contributed by atoms with van der Waals surface area (Å²) in [6, 6.07) is 12.2. The molecule has 2 rings (SSSR count). The first-order valence-electron chi connectivity index (χ1n) is 5.42. The predicted molar refractivity (Wildman–Crippen MR) is 73.5 cm³/mol. The van der Waals surface area contributed by atoms with E-state index in [4.69, 9.17) is 23.2 Å². The molecule has 19 heavy (non-hydrogen) atoms. The van der Waals surface area contributed by atoms with Gasteiger partial charge in [0.1, 0.15) is 0 Å². The zero-order valence-electron chi connectivity index (χ0n) is 9.68. The monoisotopic (exact) mass is 296 g/mol. The minimum atomic E-state index is -2.18. The van der Waals surface area contributed by atoms with E-state index in [1.54, 1.807) is 24.3 Å². The van der Waals surface area contributed by atoms with Gasteiger partial charge >= 0.3 is 5.97 Å².